The summed E-state index contributed by atoms with van der Waals surface area (Å²) in [7, 11) is 3.97. The maximum atomic E-state index is 14.5. The smallest absolute Gasteiger partial charge is 0.133 e. The molecular weight excluding hydrogens is 391 g/mol. The third kappa shape index (κ3) is 3.72. The van der Waals surface area contributed by atoms with E-state index in [0.717, 1.165) is 48.7 Å². The lowest BCUT2D eigenvalue weighted by molar-refractivity contribution is 0.313. The molecule has 5 rings (SSSR count). The average Bonchev–Trinajstić information content (AvgIpc) is 3.17. The van der Waals surface area contributed by atoms with Gasteiger partial charge < -0.3 is 15.1 Å². The van der Waals surface area contributed by atoms with E-state index in [1.54, 1.807) is 17.1 Å². The Kier molecular flexibility index (Phi) is 4.82. The standard InChI is InChI=1S/C24H25FN6/c1-16(27-18-4-6-19(7-5-18)31-10-8-29(2)9-11-31)24-21-12-20(17-14-26-30(3)15-17)22(25)13-23(21)28-24/h4-7,12-15,27H,1,8-11H2,2-3H3. The second-order valence-electron chi connectivity index (χ2n) is 8.15. The Hall–Kier alpha value is -3.45. The maximum Gasteiger partial charge on any atom is 0.133 e. The Morgan fingerprint density at radius 1 is 1.03 bits per heavy atom. The Bertz CT molecular complexity index is 1170. The molecule has 1 saturated heterocycles. The molecule has 158 valence electrons. The third-order valence-corrected chi connectivity index (χ3v) is 5.91. The molecule has 2 aliphatic rings. The van der Waals surface area contributed by atoms with Gasteiger partial charge in [-0.3, -0.25) is 4.68 Å². The van der Waals surface area contributed by atoms with Gasteiger partial charge >= 0.3 is 0 Å². The molecular formula is C24H25FN6. The summed E-state index contributed by atoms with van der Waals surface area (Å²) in [6.07, 6.45) is 3.46. The van der Waals surface area contributed by atoms with E-state index in [1.165, 1.54) is 11.8 Å². The van der Waals surface area contributed by atoms with Crippen LogP contribution in [-0.4, -0.2) is 53.6 Å². The quantitative estimate of drug-likeness (QED) is 0.682. The molecule has 1 N–H and O–H groups in total. The molecule has 31 heavy (non-hydrogen) atoms. The predicted molar refractivity (Wildman–Crippen MR) is 124 cm³/mol. The van der Waals surface area contributed by atoms with Gasteiger partial charge in [-0.25, -0.2) is 9.38 Å². The van der Waals surface area contributed by atoms with Crippen LogP contribution in [0.2, 0.25) is 0 Å². The number of aliphatic imine (C=N–C) groups is 1. The number of benzene rings is 2. The Morgan fingerprint density at radius 3 is 2.45 bits per heavy atom. The minimum atomic E-state index is -0.299. The van der Waals surface area contributed by atoms with Crippen molar-refractivity contribution in [2.24, 2.45) is 12.0 Å². The SMILES string of the molecule is C=C(Nc1ccc(N2CCN(C)CC2)cc1)C1=Nc2cc(F)c(-c3cnn(C)c3)cc21. The summed E-state index contributed by atoms with van der Waals surface area (Å²) < 4.78 is 16.2. The Balaban J connectivity index is 1.29. The van der Waals surface area contributed by atoms with Crippen molar-refractivity contribution < 1.29 is 4.39 Å². The summed E-state index contributed by atoms with van der Waals surface area (Å²) in [5.41, 5.74) is 6.43. The molecule has 1 fully saturated rings. The lowest BCUT2D eigenvalue weighted by Crippen LogP contribution is -2.44. The number of hydrogen-bond acceptors (Lipinski definition) is 5. The number of nitrogens with one attached hydrogen (secondary N) is 1. The van der Waals surface area contributed by atoms with Crippen LogP contribution in [0.15, 0.2) is 66.1 Å². The molecule has 0 unspecified atom stereocenters. The first-order valence-electron chi connectivity index (χ1n) is 10.4. The zero-order valence-electron chi connectivity index (χ0n) is 17.8. The average molecular weight is 417 g/mol. The van der Waals surface area contributed by atoms with E-state index in [2.05, 4.69) is 63.1 Å². The van der Waals surface area contributed by atoms with Crippen LogP contribution in [0.4, 0.5) is 21.5 Å². The number of allylic oxidation sites excluding steroid dienone is 1. The van der Waals surface area contributed by atoms with E-state index in [9.17, 15) is 4.39 Å². The molecule has 0 spiro atoms. The molecule has 0 amide bonds. The van der Waals surface area contributed by atoms with E-state index in [1.807, 2.05) is 13.1 Å². The van der Waals surface area contributed by atoms with Gasteiger partial charge in [0.1, 0.15) is 5.82 Å². The molecule has 7 heteroatoms. The van der Waals surface area contributed by atoms with Crippen LogP contribution in [0.5, 0.6) is 0 Å². The predicted octanol–water partition coefficient (Wildman–Crippen LogP) is 4.04. The van der Waals surface area contributed by atoms with Crippen molar-refractivity contribution in [1.29, 1.82) is 0 Å². The molecule has 0 saturated carbocycles. The number of piperazine rings is 1. The van der Waals surface area contributed by atoms with Gasteiger partial charge in [0.15, 0.2) is 0 Å². The molecule has 1 aromatic heterocycles. The minimum absolute atomic E-state index is 0.299. The summed E-state index contributed by atoms with van der Waals surface area (Å²) in [6, 6.07) is 11.7. The van der Waals surface area contributed by atoms with Gasteiger partial charge in [-0.05, 0) is 37.4 Å². The van der Waals surface area contributed by atoms with Crippen LogP contribution >= 0.6 is 0 Å². The molecule has 3 heterocycles. The van der Waals surface area contributed by atoms with E-state index in [0.29, 0.717) is 16.9 Å². The highest BCUT2D eigenvalue weighted by molar-refractivity contribution is 6.23. The summed E-state index contributed by atoms with van der Waals surface area (Å²) >= 11 is 0. The second-order valence-corrected chi connectivity index (χ2v) is 8.15. The van der Waals surface area contributed by atoms with Crippen LogP contribution < -0.4 is 10.2 Å². The number of nitrogens with zero attached hydrogens (tertiary/aromatic N) is 5. The number of rotatable bonds is 5. The highest BCUT2D eigenvalue weighted by atomic mass is 19.1. The number of hydrogen-bond donors (Lipinski definition) is 1. The zero-order valence-corrected chi connectivity index (χ0v) is 17.8. The molecule has 0 aliphatic carbocycles. The van der Waals surface area contributed by atoms with Crippen molar-refractivity contribution in [2.45, 2.75) is 0 Å². The molecule has 2 aromatic carbocycles. The van der Waals surface area contributed by atoms with E-state index < -0.39 is 0 Å². The van der Waals surface area contributed by atoms with Gasteiger partial charge in [-0.15, -0.1) is 0 Å². The number of halogens is 1. The lowest BCUT2D eigenvalue weighted by Gasteiger charge is -2.34. The summed E-state index contributed by atoms with van der Waals surface area (Å²) in [6.45, 7) is 8.40. The summed E-state index contributed by atoms with van der Waals surface area (Å²) in [5.74, 6) is -0.299. The van der Waals surface area contributed by atoms with Crippen molar-refractivity contribution in [3.8, 4) is 11.1 Å². The van der Waals surface area contributed by atoms with Gasteiger partial charge in [-0.2, -0.15) is 5.10 Å². The molecule has 6 nitrogen and oxygen atoms in total. The number of anilines is 2. The zero-order chi connectivity index (χ0) is 21.5. The molecule has 3 aromatic rings. The Labute approximate surface area is 181 Å². The molecule has 0 radical (unpaired) electrons. The first-order chi connectivity index (χ1) is 15.0. The fourth-order valence-corrected chi connectivity index (χ4v) is 4.04. The van der Waals surface area contributed by atoms with E-state index >= 15 is 0 Å². The van der Waals surface area contributed by atoms with Gasteiger partial charge in [0, 0.05) is 73.6 Å². The monoisotopic (exact) mass is 416 g/mol. The van der Waals surface area contributed by atoms with Gasteiger partial charge in [0.25, 0.3) is 0 Å². The van der Waals surface area contributed by atoms with Crippen molar-refractivity contribution in [3.63, 3.8) is 0 Å². The first-order valence-corrected chi connectivity index (χ1v) is 10.4. The highest BCUT2D eigenvalue weighted by Crippen LogP contribution is 2.38. The third-order valence-electron chi connectivity index (χ3n) is 5.91. The second kappa shape index (κ2) is 7.67. The maximum absolute atomic E-state index is 14.5. The summed E-state index contributed by atoms with van der Waals surface area (Å²) in [4.78, 5) is 9.21. The van der Waals surface area contributed by atoms with Crippen LogP contribution in [0.1, 0.15) is 5.56 Å². The van der Waals surface area contributed by atoms with Crippen LogP contribution in [0.25, 0.3) is 11.1 Å². The number of aryl methyl sites for hydroxylation is 1. The van der Waals surface area contributed by atoms with Gasteiger partial charge in [-0.1, -0.05) is 6.58 Å². The fourth-order valence-electron chi connectivity index (χ4n) is 4.04. The number of likely N-dealkylation sites (N-methyl/N-ethyl adjacent to an activating group) is 1. The van der Waals surface area contributed by atoms with E-state index in [4.69, 9.17) is 0 Å². The van der Waals surface area contributed by atoms with Crippen molar-refractivity contribution >= 4 is 22.8 Å². The van der Waals surface area contributed by atoms with Gasteiger partial charge in [0.05, 0.1) is 23.3 Å². The number of aromatic nitrogens is 2. The van der Waals surface area contributed by atoms with Crippen molar-refractivity contribution in [3.05, 3.63) is 72.4 Å². The van der Waals surface area contributed by atoms with E-state index in [-0.39, 0.29) is 5.82 Å². The fraction of sp³-hybridized carbons (Fsp3) is 0.250. The highest BCUT2D eigenvalue weighted by Gasteiger charge is 2.24. The molecule has 0 bridgehead atoms. The normalized spacial score (nSPS) is 15.8. The van der Waals surface area contributed by atoms with Crippen molar-refractivity contribution in [1.82, 2.24) is 14.7 Å². The van der Waals surface area contributed by atoms with Crippen LogP contribution in [-0.2, 0) is 7.05 Å². The topological polar surface area (TPSA) is 48.7 Å². The molecule has 0 atom stereocenters. The Morgan fingerprint density at radius 2 is 1.77 bits per heavy atom. The molecule has 2 aliphatic heterocycles. The largest absolute Gasteiger partial charge is 0.369 e. The lowest BCUT2D eigenvalue weighted by atomic mass is 9.95. The first kappa shape index (κ1) is 19.5. The van der Waals surface area contributed by atoms with Crippen LogP contribution in [0, 0.1) is 5.82 Å². The van der Waals surface area contributed by atoms with Gasteiger partial charge in [0.2, 0.25) is 0 Å². The number of fused-ring (bicyclic) bond motifs is 1. The summed E-state index contributed by atoms with van der Waals surface area (Å²) in [5, 5.41) is 7.48. The van der Waals surface area contributed by atoms with Crippen LogP contribution in [0.3, 0.4) is 0 Å². The van der Waals surface area contributed by atoms with Crippen molar-refractivity contribution in [2.75, 3.05) is 43.4 Å². The minimum Gasteiger partial charge on any atom is -0.369 e.